The number of rotatable bonds is 4. The largest absolute Gasteiger partial charge is 0.306 e. The summed E-state index contributed by atoms with van der Waals surface area (Å²) < 4.78 is 3.22. The number of nitrogens with one attached hydrogen (secondary N) is 1. The Morgan fingerprint density at radius 3 is 2.78 bits per heavy atom. The quantitative estimate of drug-likeness (QED) is 0.929. The third kappa shape index (κ3) is 3.67. The first kappa shape index (κ1) is 13.8. The summed E-state index contributed by atoms with van der Waals surface area (Å²) in [6.45, 7) is 8.18. The number of hydrogen-bond donors (Lipinski definition) is 1. The molecule has 0 spiro atoms. The van der Waals surface area contributed by atoms with E-state index in [1.807, 2.05) is 6.20 Å². The van der Waals surface area contributed by atoms with E-state index >= 15 is 0 Å². The van der Waals surface area contributed by atoms with Crippen molar-refractivity contribution in [3.05, 3.63) is 38.8 Å². The molecule has 0 aliphatic carbocycles. The summed E-state index contributed by atoms with van der Waals surface area (Å²) in [5.41, 5.74) is 1.34. The molecule has 0 bridgehead atoms. The zero-order valence-electron chi connectivity index (χ0n) is 10.9. The third-order valence-electron chi connectivity index (χ3n) is 2.59. The van der Waals surface area contributed by atoms with Gasteiger partial charge in [-0.1, -0.05) is 0 Å². The number of nitrogens with zero attached hydrogens (tertiary/aromatic N) is 2. The van der Waals surface area contributed by atoms with Crippen LogP contribution in [0, 0.1) is 0 Å². The van der Waals surface area contributed by atoms with Gasteiger partial charge < -0.3 is 5.32 Å². The zero-order chi connectivity index (χ0) is 13.2. The summed E-state index contributed by atoms with van der Waals surface area (Å²) >= 11 is 5.31. The molecule has 18 heavy (non-hydrogen) atoms. The summed E-state index contributed by atoms with van der Waals surface area (Å²) in [6, 6.07) is 4.15. The first-order chi connectivity index (χ1) is 8.46. The summed E-state index contributed by atoms with van der Waals surface area (Å²) in [7, 11) is 0. The van der Waals surface area contributed by atoms with Crippen molar-refractivity contribution in [1.82, 2.24) is 15.1 Å². The van der Waals surface area contributed by atoms with E-state index in [2.05, 4.69) is 69.3 Å². The summed E-state index contributed by atoms with van der Waals surface area (Å²) in [6.07, 6.45) is 1.86. The molecule has 0 saturated carbocycles. The first-order valence-electron chi connectivity index (χ1n) is 5.93. The molecule has 98 valence electrons. The van der Waals surface area contributed by atoms with Gasteiger partial charge in [0.2, 0.25) is 0 Å². The Morgan fingerprint density at radius 1 is 1.39 bits per heavy atom. The van der Waals surface area contributed by atoms with Crippen LogP contribution < -0.4 is 5.32 Å². The molecule has 2 heterocycles. The molecular formula is C13H18BrN3S. The van der Waals surface area contributed by atoms with Crippen LogP contribution in [0.2, 0.25) is 0 Å². The Kier molecular flexibility index (Phi) is 4.25. The fourth-order valence-corrected chi connectivity index (χ4v) is 3.04. The van der Waals surface area contributed by atoms with Crippen LogP contribution in [0.15, 0.2) is 28.2 Å². The number of hydrogen-bond acceptors (Lipinski definition) is 3. The van der Waals surface area contributed by atoms with Crippen LogP contribution >= 0.6 is 27.3 Å². The lowest BCUT2D eigenvalue weighted by molar-refractivity contribution is 0.414. The van der Waals surface area contributed by atoms with Gasteiger partial charge in [0.25, 0.3) is 0 Å². The highest BCUT2D eigenvalue weighted by Crippen LogP contribution is 2.23. The molecule has 0 atom stereocenters. The van der Waals surface area contributed by atoms with Crippen molar-refractivity contribution in [3.63, 3.8) is 0 Å². The summed E-state index contributed by atoms with van der Waals surface area (Å²) in [4.78, 5) is 1.30. The Labute approximate surface area is 120 Å². The third-order valence-corrected chi connectivity index (χ3v) is 4.50. The van der Waals surface area contributed by atoms with Crippen molar-refractivity contribution in [2.24, 2.45) is 0 Å². The lowest BCUT2D eigenvalue weighted by Gasteiger charge is -2.20. The number of halogens is 1. The molecule has 2 aromatic rings. The van der Waals surface area contributed by atoms with Gasteiger partial charge in [-0.15, -0.1) is 11.3 Å². The molecule has 3 nitrogen and oxygen atoms in total. The van der Waals surface area contributed by atoms with Crippen LogP contribution in [0.25, 0.3) is 0 Å². The van der Waals surface area contributed by atoms with Crippen molar-refractivity contribution in [2.75, 3.05) is 0 Å². The highest BCUT2D eigenvalue weighted by Gasteiger charge is 2.11. The van der Waals surface area contributed by atoms with Crippen LogP contribution in [0.4, 0.5) is 0 Å². The van der Waals surface area contributed by atoms with Crippen molar-refractivity contribution < 1.29 is 0 Å². The monoisotopic (exact) mass is 327 g/mol. The smallest absolute Gasteiger partial charge is 0.0767 e. The fourth-order valence-electron chi connectivity index (χ4n) is 1.58. The minimum absolute atomic E-state index is 0.124. The average Bonchev–Trinajstić information content (AvgIpc) is 2.86. The molecule has 2 aromatic heterocycles. The summed E-state index contributed by atoms with van der Waals surface area (Å²) in [5.74, 6) is 0. The van der Waals surface area contributed by atoms with Crippen molar-refractivity contribution in [3.8, 4) is 0 Å². The number of thiophene rings is 1. The van der Waals surface area contributed by atoms with Crippen LogP contribution in [-0.2, 0) is 13.1 Å². The molecule has 0 aromatic carbocycles. The molecule has 0 aliphatic heterocycles. The Hall–Kier alpha value is -0.650. The van der Waals surface area contributed by atoms with Crippen LogP contribution in [-0.4, -0.2) is 15.3 Å². The van der Waals surface area contributed by atoms with E-state index < -0.39 is 0 Å². The molecule has 0 saturated heterocycles. The van der Waals surface area contributed by atoms with E-state index in [1.54, 1.807) is 11.3 Å². The summed E-state index contributed by atoms with van der Waals surface area (Å²) in [5, 5.41) is 9.98. The first-order valence-corrected chi connectivity index (χ1v) is 7.60. The second-order valence-corrected chi connectivity index (χ2v) is 7.13. The Bertz CT molecular complexity index is 510. The van der Waals surface area contributed by atoms with Crippen LogP contribution in [0.1, 0.15) is 31.3 Å². The van der Waals surface area contributed by atoms with Gasteiger partial charge in [-0.05, 0) is 54.2 Å². The standard InChI is InChI=1S/C13H18BrN3S/c1-13(2,3)15-8-10-4-6-16-17(10)9-12-11(14)5-7-18-12/h4-7,15H,8-9H2,1-3H3. The lowest BCUT2D eigenvalue weighted by atomic mass is 10.1. The minimum atomic E-state index is 0.124. The van der Waals surface area contributed by atoms with E-state index in [0.29, 0.717) is 0 Å². The van der Waals surface area contributed by atoms with Crippen molar-refractivity contribution in [1.29, 1.82) is 0 Å². The van der Waals surface area contributed by atoms with E-state index in [4.69, 9.17) is 0 Å². The maximum absolute atomic E-state index is 4.40. The van der Waals surface area contributed by atoms with Gasteiger partial charge in [0.15, 0.2) is 0 Å². The van der Waals surface area contributed by atoms with Gasteiger partial charge in [0.1, 0.15) is 0 Å². The molecule has 0 unspecified atom stereocenters. The maximum atomic E-state index is 4.40. The molecule has 0 aliphatic rings. The normalized spacial score (nSPS) is 12.0. The van der Waals surface area contributed by atoms with Gasteiger partial charge >= 0.3 is 0 Å². The van der Waals surface area contributed by atoms with Crippen LogP contribution in [0.5, 0.6) is 0 Å². The van der Waals surface area contributed by atoms with Crippen LogP contribution in [0.3, 0.4) is 0 Å². The number of aromatic nitrogens is 2. The van der Waals surface area contributed by atoms with Crippen molar-refractivity contribution >= 4 is 27.3 Å². The van der Waals surface area contributed by atoms with E-state index in [1.165, 1.54) is 10.6 Å². The topological polar surface area (TPSA) is 29.9 Å². The second kappa shape index (κ2) is 5.55. The van der Waals surface area contributed by atoms with Gasteiger partial charge in [0.05, 0.1) is 12.2 Å². The van der Waals surface area contributed by atoms with E-state index in [0.717, 1.165) is 17.6 Å². The Balaban J connectivity index is 2.06. The SMILES string of the molecule is CC(C)(C)NCc1ccnn1Cc1sccc1Br. The Morgan fingerprint density at radius 2 is 2.17 bits per heavy atom. The molecule has 0 fully saturated rings. The van der Waals surface area contributed by atoms with E-state index in [-0.39, 0.29) is 5.54 Å². The van der Waals surface area contributed by atoms with Crippen molar-refractivity contribution in [2.45, 2.75) is 39.4 Å². The van der Waals surface area contributed by atoms with Gasteiger partial charge in [0, 0.05) is 27.6 Å². The average molecular weight is 328 g/mol. The highest BCUT2D eigenvalue weighted by molar-refractivity contribution is 9.10. The molecule has 0 radical (unpaired) electrons. The zero-order valence-corrected chi connectivity index (χ0v) is 13.3. The van der Waals surface area contributed by atoms with Gasteiger partial charge in [-0.25, -0.2) is 0 Å². The van der Waals surface area contributed by atoms with E-state index in [9.17, 15) is 0 Å². The molecule has 0 amide bonds. The predicted octanol–water partition coefficient (Wildman–Crippen LogP) is 3.64. The minimum Gasteiger partial charge on any atom is -0.306 e. The molecular weight excluding hydrogens is 310 g/mol. The molecule has 2 rings (SSSR count). The fraction of sp³-hybridized carbons (Fsp3) is 0.462. The molecule has 5 heteroatoms. The maximum Gasteiger partial charge on any atom is 0.0767 e. The highest BCUT2D eigenvalue weighted by atomic mass is 79.9. The molecule has 1 N–H and O–H groups in total. The van der Waals surface area contributed by atoms with Gasteiger partial charge in [-0.3, -0.25) is 4.68 Å². The second-order valence-electron chi connectivity index (χ2n) is 5.28. The predicted molar refractivity (Wildman–Crippen MR) is 79.9 cm³/mol. The van der Waals surface area contributed by atoms with Gasteiger partial charge in [-0.2, -0.15) is 5.10 Å². The lowest BCUT2D eigenvalue weighted by Crippen LogP contribution is -2.35.